The van der Waals surface area contributed by atoms with Gasteiger partial charge in [0.05, 0.1) is 5.69 Å². The summed E-state index contributed by atoms with van der Waals surface area (Å²) < 4.78 is 4.97. The Morgan fingerprint density at radius 2 is 2.24 bits per heavy atom. The Kier molecular flexibility index (Phi) is 4.96. The second-order valence-electron chi connectivity index (χ2n) is 3.22. The Hall–Kier alpha value is -2.08. The molecule has 0 aromatic heterocycles. The topological polar surface area (TPSA) is 96.9 Å². The lowest BCUT2D eigenvalue weighted by atomic mass is 10.1. The lowest BCUT2D eigenvalue weighted by molar-refractivity contribution is -0.120. The number of para-hydroxylation sites is 1. The van der Waals surface area contributed by atoms with Gasteiger partial charge in [-0.3, -0.25) is 4.79 Å². The van der Waals surface area contributed by atoms with Gasteiger partial charge >= 0.3 is 0 Å². The van der Waals surface area contributed by atoms with Crippen molar-refractivity contribution in [3.8, 4) is 0 Å². The third-order valence-corrected chi connectivity index (χ3v) is 2.02. The van der Waals surface area contributed by atoms with E-state index in [1.807, 2.05) is 0 Å². The molecule has 1 rings (SSSR count). The highest BCUT2D eigenvalue weighted by Crippen LogP contribution is 2.14. The number of hydrogen-bond donors (Lipinski definition) is 3. The highest BCUT2D eigenvalue weighted by atomic mass is 16.5. The van der Waals surface area contributed by atoms with Crippen LogP contribution in [0.5, 0.6) is 0 Å². The number of benzene rings is 1. The van der Waals surface area contributed by atoms with Gasteiger partial charge in [-0.2, -0.15) is 0 Å². The zero-order valence-electron chi connectivity index (χ0n) is 9.51. The number of amidine groups is 1. The van der Waals surface area contributed by atoms with E-state index in [4.69, 9.17) is 15.7 Å². The quantitative estimate of drug-likeness (QED) is 0.305. The second kappa shape index (κ2) is 6.49. The number of nitrogens with one attached hydrogen (secondary N) is 1. The van der Waals surface area contributed by atoms with Gasteiger partial charge in [0, 0.05) is 12.2 Å². The summed E-state index contributed by atoms with van der Waals surface area (Å²) in [7, 11) is 0. The fourth-order valence-electron chi connectivity index (χ4n) is 1.25. The third kappa shape index (κ3) is 3.76. The minimum atomic E-state index is -0.287. The summed E-state index contributed by atoms with van der Waals surface area (Å²) in [6, 6.07) is 6.78. The van der Waals surface area contributed by atoms with Crippen molar-refractivity contribution in [3.05, 3.63) is 29.8 Å². The number of nitrogens with zero attached hydrogens (tertiary/aromatic N) is 1. The number of carbonyl (C=O) groups is 1. The Labute approximate surface area is 99.1 Å². The van der Waals surface area contributed by atoms with Crippen molar-refractivity contribution >= 4 is 17.4 Å². The number of rotatable bonds is 5. The highest BCUT2D eigenvalue weighted by Gasteiger charge is 2.09. The number of anilines is 1. The lowest BCUT2D eigenvalue weighted by Gasteiger charge is -2.09. The molecule has 1 aromatic carbocycles. The number of amides is 1. The van der Waals surface area contributed by atoms with Crippen LogP contribution in [-0.2, 0) is 9.53 Å². The predicted octanol–water partition coefficient (Wildman–Crippen LogP) is 0.756. The molecule has 6 heteroatoms. The SMILES string of the molecule is CCOCC(=O)Nc1ccccc1/C(N)=N/O. The van der Waals surface area contributed by atoms with Crippen molar-refractivity contribution in [2.24, 2.45) is 10.9 Å². The van der Waals surface area contributed by atoms with Crippen LogP contribution in [0.15, 0.2) is 29.4 Å². The first-order valence-electron chi connectivity index (χ1n) is 5.13. The van der Waals surface area contributed by atoms with Crippen LogP contribution in [0.3, 0.4) is 0 Å². The number of hydrogen-bond acceptors (Lipinski definition) is 4. The third-order valence-electron chi connectivity index (χ3n) is 2.02. The summed E-state index contributed by atoms with van der Waals surface area (Å²) >= 11 is 0. The molecule has 0 aliphatic rings. The van der Waals surface area contributed by atoms with Crippen LogP contribution >= 0.6 is 0 Å². The molecule has 1 aromatic rings. The van der Waals surface area contributed by atoms with Gasteiger partial charge in [-0.25, -0.2) is 0 Å². The van der Waals surface area contributed by atoms with Gasteiger partial charge in [0.15, 0.2) is 5.84 Å². The first-order chi connectivity index (χ1) is 8.19. The minimum absolute atomic E-state index is 0.0268. The normalized spacial score (nSPS) is 11.2. The van der Waals surface area contributed by atoms with Gasteiger partial charge in [0.25, 0.3) is 0 Å². The van der Waals surface area contributed by atoms with Crippen LogP contribution in [0.25, 0.3) is 0 Å². The van der Waals surface area contributed by atoms with Gasteiger partial charge in [0.2, 0.25) is 5.91 Å². The Morgan fingerprint density at radius 3 is 2.88 bits per heavy atom. The van der Waals surface area contributed by atoms with Gasteiger partial charge in [-0.1, -0.05) is 17.3 Å². The average molecular weight is 237 g/mol. The van der Waals surface area contributed by atoms with E-state index in [0.717, 1.165) is 0 Å². The molecule has 0 unspecified atom stereocenters. The Balaban J connectivity index is 2.80. The van der Waals surface area contributed by atoms with Crippen LogP contribution in [0.2, 0.25) is 0 Å². The van der Waals surface area contributed by atoms with E-state index in [2.05, 4.69) is 10.5 Å². The molecule has 0 radical (unpaired) electrons. The van der Waals surface area contributed by atoms with Crippen LogP contribution in [0.1, 0.15) is 12.5 Å². The molecule has 0 aliphatic heterocycles. The van der Waals surface area contributed by atoms with Gasteiger partial charge in [-0.05, 0) is 19.1 Å². The largest absolute Gasteiger partial charge is 0.409 e. The van der Waals surface area contributed by atoms with Crippen molar-refractivity contribution in [1.29, 1.82) is 0 Å². The summed E-state index contributed by atoms with van der Waals surface area (Å²) in [6.07, 6.45) is 0. The van der Waals surface area contributed by atoms with E-state index in [-0.39, 0.29) is 18.3 Å². The van der Waals surface area contributed by atoms with Crippen molar-refractivity contribution in [3.63, 3.8) is 0 Å². The fourth-order valence-corrected chi connectivity index (χ4v) is 1.25. The molecule has 0 fully saturated rings. The van der Waals surface area contributed by atoms with Crippen molar-refractivity contribution < 1.29 is 14.7 Å². The van der Waals surface area contributed by atoms with Gasteiger partial charge < -0.3 is 21.0 Å². The van der Waals surface area contributed by atoms with Crippen molar-refractivity contribution in [2.45, 2.75) is 6.92 Å². The van der Waals surface area contributed by atoms with Gasteiger partial charge in [-0.15, -0.1) is 0 Å². The van der Waals surface area contributed by atoms with Gasteiger partial charge in [0.1, 0.15) is 6.61 Å². The standard InChI is InChI=1S/C11H15N3O3/c1-2-17-7-10(15)13-9-6-4-3-5-8(9)11(12)14-16/h3-6,16H,2,7H2,1H3,(H2,12,14)(H,13,15). The first-order valence-corrected chi connectivity index (χ1v) is 5.13. The minimum Gasteiger partial charge on any atom is -0.409 e. The Morgan fingerprint density at radius 1 is 1.53 bits per heavy atom. The summed E-state index contributed by atoms with van der Waals surface area (Å²) in [6.45, 7) is 2.24. The molecule has 0 aliphatic carbocycles. The summed E-state index contributed by atoms with van der Waals surface area (Å²) in [4.78, 5) is 11.5. The first kappa shape index (κ1) is 13.0. The fraction of sp³-hybridized carbons (Fsp3) is 0.273. The average Bonchev–Trinajstić information content (AvgIpc) is 2.36. The highest BCUT2D eigenvalue weighted by molar-refractivity contribution is 6.05. The van der Waals surface area contributed by atoms with E-state index >= 15 is 0 Å². The molecule has 0 saturated heterocycles. The van der Waals surface area contributed by atoms with Crippen LogP contribution < -0.4 is 11.1 Å². The molecule has 0 saturated carbocycles. The molecule has 0 heterocycles. The number of oxime groups is 1. The maximum Gasteiger partial charge on any atom is 0.250 e. The van der Waals surface area contributed by atoms with Crippen molar-refractivity contribution in [1.82, 2.24) is 0 Å². The zero-order chi connectivity index (χ0) is 12.7. The molecule has 0 atom stereocenters. The molecule has 1 amide bonds. The van der Waals surface area contributed by atoms with E-state index < -0.39 is 0 Å². The smallest absolute Gasteiger partial charge is 0.250 e. The molecular weight excluding hydrogens is 222 g/mol. The van der Waals surface area contributed by atoms with Crippen LogP contribution in [0.4, 0.5) is 5.69 Å². The van der Waals surface area contributed by atoms with E-state index in [0.29, 0.717) is 17.9 Å². The molecule has 17 heavy (non-hydrogen) atoms. The molecular formula is C11H15N3O3. The predicted molar refractivity (Wildman–Crippen MR) is 64.1 cm³/mol. The summed E-state index contributed by atoms with van der Waals surface area (Å²) in [5.74, 6) is -0.345. The second-order valence-corrected chi connectivity index (χ2v) is 3.22. The molecule has 92 valence electrons. The van der Waals surface area contributed by atoms with E-state index in [1.165, 1.54) is 0 Å². The summed E-state index contributed by atoms with van der Waals surface area (Å²) in [5.41, 5.74) is 6.43. The zero-order valence-corrected chi connectivity index (χ0v) is 9.51. The monoisotopic (exact) mass is 237 g/mol. The molecule has 0 spiro atoms. The van der Waals surface area contributed by atoms with Crippen LogP contribution in [-0.4, -0.2) is 30.2 Å². The van der Waals surface area contributed by atoms with Crippen LogP contribution in [0, 0.1) is 0 Å². The maximum absolute atomic E-state index is 11.5. The molecule has 0 bridgehead atoms. The summed E-state index contributed by atoms with van der Waals surface area (Å²) in [5, 5.41) is 14.1. The van der Waals surface area contributed by atoms with E-state index in [1.54, 1.807) is 31.2 Å². The number of nitrogens with two attached hydrogens (primary N) is 1. The lowest BCUT2D eigenvalue weighted by Crippen LogP contribution is -2.22. The molecule has 4 N–H and O–H groups in total. The number of ether oxygens (including phenoxy) is 1. The molecule has 6 nitrogen and oxygen atoms in total. The number of carbonyl (C=O) groups excluding carboxylic acids is 1. The Bertz CT molecular complexity index is 418. The maximum atomic E-state index is 11.5. The van der Waals surface area contributed by atoms with Crippen molar-refractivity contribution in [2.75, 3.05) is 18.5 Å². The van der Waals surface area contributed by atoms with E-state index in [9.17, 15) is 4.79 Å².